The zero-order valence-corrected chi connectivity index (χ0v) is 20.6. The molecule has 2 aliphatic rings. The van der Waals surface area contributed by atoms with Crippen molar-refractivity contribution in [1.29, 1.82) is 0 Å². The number of alkyl halides is 3. The van der Waals surface area contributed by atoms with E-state index in [1.807, 2.05) is 43.3 Å². The highest BCUT2D eigenvalue weighted by Gasteiger charge is 2.45. The molecule has 4 N–H and O–H groups in total. The Bertz CT molecular complexity index is 1550. The van der Waals surface area contributed by atoms with Gasteiger partial charge in [-0.2, -0.15) is 18.3 Å². The second-order valence-electron chi connectivity index (χ2n) is 9.91. The predicted octanol–water partition coefficient (Wildman–Crippen LogP) is 5.77. The van der Waals surface area contributed by atoms with Gasteiger partial charge in [0.2, 0.25) is 0 Å². The summed E-state index contributed by atoms with van der Waals surface area (Å²) in [6.07, 6.45) is -0.996. The van der Waals surface area contributed by atoms with E-state index in [-0.39, 0.29) is 5.82 Å². The number of hydrogen-bond donors (Lipinski definition) is 3. The minimum atomic E-state index is -4.44. The van der Waals surface area contributed by atoms with Gasteiger partial charge in [-0.15, -0.1) is 0 Å². The van der Waals surface area contributed by atoms with Crippen molar-refractivity contribution >= 4 is 23.2 Å². The maximum atomic E-state index is 13.1. The summed E-state index contributed by atoms with van der Waals surface area (Å²) in [5.41, 5.74) is 10.3. The number of fused-ring (bicyclic) bond motifs is 2. The number of carbonyl (C=O) groups excluding carboxylic acids is 1. The van der Waals surface area contributed by atoms with Gasteiger partial charge in [0.05, 0.1) is 11.1 Å². The van der Waals surface area contributed by atoms with Crippen LogP contribution >= 0.6 is 0 Å². The molecule has 10 heteroatoms. The lowest BCUT2D eigenvalue weighted by Crippen LogP contribution is -2.20. The number of halogens is 3. The Balaban J connectivity index is 1.30. The first-order valence-electron chi connectivity index (χ1n) is 12.3. The van der Waals surface area contributed by atoms with E-state index in [4.69, 9.17) is 10.8 Å². The number of aryl methyl sites for hydroxylation is 3. The van der Waals surface area contributed by atoms with Crippen LogP contribution in [0.3, 0.4) is 0 Å². The van der Waals surface area contributed by atoms with Gasteiger partial charge < -0.3 is 16.4 Å². The molecule has 0 atom stereocenters. The van der Waals surface area contributed by atoms with Crippen molar-refractivity contribution in [3.05, 3.63) is 88.6 Å². The molecule has 0 radical (unpaired) electrons. The van der Waals surface area contributed by atoms with Crippen LogP contribution in [0.2, 0.25) is 0 Å². The van der Waals surface area contributed by atoms with Crippen molar-refractivity contribution in [3.63, 3.8) is 0 Å². The van der Waals surface area contributed by atoms with E-state index in [1.165, 1.54) is 0 Å². The molecular formula is C28H25F3N6O. The fourth-order valence-corrected chi connectivity index (χ4v) is 5.07. The van der Waals surface area contributed by atoms with Crippen molar-refractivity contribution in [2.75, 3.05) is 10.6 Å². The van der Waals surface area contributed by atoms with Crippen LogP contribution in [0.1, 0.15) is 45.5 Å². The fraction of sp³-hybridized carbons (Fsp3) is 0.250. The largest absolute Gasteiger partial charge is 0.416 e. The first kappa shape index (κ1) is 24.0. The summed E-state index contributed by atoms with van der Waals surface area (Å²) < 4.78 is 41.2. The normalized spacial score (nSPS) is 15.6. The maximum Gasteiger partial charge on any atom is 0.416 e. The smallest absolute Gasteiger partial charge is 0.365 e. The topological polar surface area (TPSA) is 97.9 Å². The van der Waals surface area contributed by atoms with Crippen molar-refractivity contribution in [1.82, 2.24) is 14.8 Å². The first-order chi connectivity index (χ1) is 18.1. The summed E-state index contributed by atoms with van der Waals surface area (Å²) in [4.78, 5) is 16.7. The molecule has 194 valence electrons. The molecule has 3 heterocycles. The van der Waals surface area contributed by atoms with Crippen molar-refractivity contribution < 1.29 is 18.0 Å². The number of benzene rings is 2. The van der Waals surface area contributed by atoms with Gasteiger partial charge in [-0.3, -0.25) is 4.79 Å². The molecule has 1 aliphatic heterocycles. The number of nitrogens with two attached hydrogens (primary N) is 1. The Labute approximate surface area is 216 Å². The van der Waals surface area contributed by atoms with Gasteiger partial charge in [-0.1, -0.05) is 42.0 Å². The number of amides is 1. The second kappa shape index (κ2) is 8.61. The van der Waals surface area contributed by atoms with Crippen LogP contribution < -0.4 is 16.4 Å². The number of aromatic nitrogens is 3. The lowest BCUT2D eigenvalue weighted by atomic mass is 10.00. The molecule has 0 saturated heterocycles. The molecule has 0 spiro atoms. The van der Waals surface area contributed by atoms with Gasteiger partial charge in [0.1, 0.15) is 22.9 Å². The number of rotatable bonds is 5. The summed E-state index contributed by atoms with van der Waals surface area (Å²) in [6.45, 7) is 2.63. The Morgan fingerprint density at radius 3 is 2.55 bits per heavy atom. The molecule has 2 aromatic heterocycles. The summed E-state index contributed by atoms with van der Waals surface area (Å²) >= 11 is 0. The van der Waals surface area contributed by atoms with E-state index >= 15 is 0 Å². The first-order valence-corrected chi connectivity index (χ1v) is 12.3. The monoisotopic (exact) mass is 518 g/mol. The van der Waals surface area contributed by atoms with E-state index in [0.717, 1.165) is 65.5 Å². The molecule has 1 saturated carbocycles. The summed E-state index contributed by atoms with van der Waals surface area (Å²) in [5.74, 6) is 0.163. The number of primary amides is 1. The molecule has 4 aromatic rings. The standard InChI is InChI=1S/C28H25F3N6O/c1-16-2-7-21-18(14-16)9-13-37-26(34-21)23(25(32)38)24(36-37)17-3-5-19(6-4-17)27(10-11-27)35-22-15-20(8-12-33-22)28(29,30)31/h2-8,12,14-15,34H,9-11,13H2,1H3,(H2,32,38)(H,33,35). The lowest BCUT2D eigenvalue weighted by Gasteiger charge is -2.20. The molecule has 2 aromatic carbocycles. The Hall–Kier alpha value is -4.34. The lowest BCUT2D eigenvalue weighted by molar-refractivity contribution is -0.137. The van der Waals surface area contributed by atoms with E-state index < -0.39 is 23.2 Å². The molecule has 7 nitrogen and oxygen atoms in total. The molecule has 1 aliphatic carbocycles. The number of pyridine rings is 1. The van der Waals surface area contributed by atoms with Crippen LogP contribution in [0.4, 0.5) is 30.5 Å². The highest BCUT2D eigenvalue weighted by Crippen LogP contribution is 2.49. The number of nitrogens with one attached hydrogen (secondary N) is 2. The second-order valence-corrected chi connectivity index (χ2v) is 9.91. The van der Waals surface area contributed by atoms with Gasteiger partial charge in [-0.05, 0) is 55.5 Å². The predicted molar refractivity (Wildman–Crippen MR) is 138 cm³/mol. The molecule has 0 unspecified atom stereocenters. The third-order valence-corrected chi connectivity index (χ3v) is 7.22. The minimum Gasteiger partial charge on any atom is -0.365 e. The summed E-state index contributed by atoms with van der Waals surface area (Å²) in [7, 11) is 0. The van der Waals surface area contributed by atoms with Crippen molar-refractivity contribution in [3.8, 4) is 11.3 Å². The third kappa shape index (κ3) is 4.25. The maximum absolute atomic E-state index is 13.1. The van der Waals surface area contributed by atoms with Gasteiger partial charge in [0, 0.05) is 24.0 Å². The van der Waals surface area contributed by atoms with Crippen LogP contribution in [0, 0.1) is 6.92 Å². The van der Waals surface area contributed by atoms with Crippen LogP contribution in [0.25, 0.3) is 11.3 Å². The minimum absolute atomic E-state index is 0.178. The Kier molecular flexibility index (Phi) is 5.44. The van der Waals surface area contributed by atoms with Gasteiger partial charge in [0.25, 0.3) is 5.91 Å². The molecule has 0 bridgehead atoms. The average Bonchev–Trinajstić information content (AvgIpc) is 3.60. The van der Waals surface area contributed by atoms with Crippen molar-refractivity contribution in [2.24, 2.45) is 5.73 Å². The zero-order valence-electron chi connectivity index (χ0n) is 20.6. The van der Waals surface area contributed by atoms with E-state index in [2.05, 4.69) is 21.7 Å². The SMILES string of the molecule is Cc1ccc2c(c1)CCn1nc(-c3ccc(C4(Nc5cc(C(F)(F)F)ccn5)CC4)cc3)c(C(N)=O)c1N2. The molecule has 6 rings (SSSR count). The Morgan fingerprint density at radius 1 is 1.11 bits per heavy atom. The highest BCUT2D eigenvalue weighted by atomic mass is 19.4. The van der Waals surface area contributed by atoms with Crippen molar-refractivity contribution in [2.45, 2.75) is 44.4 Å². The summed E-state index contributed by atoms with van der Waals surface area (Å²) in [6, 6.07) is 15.6. The van der Waals surface area contributed by atoms with Crippen LogP contribution in [-0.4, -0.2) is 20.7 Å². The van der Waals surface area contributed by atoms with Gasteiger partial charge in [0.15, 0.2) is 0 Å². The Morgan fingerprint density at radius 2 is 1.87 bits per heavy atom. The van der Waals surface area contributed by atoms with Crippen LogP contribution in [0.5, 0.6) is 0 Å². The van der Waals surface area contributed by atoms with Gasteiger partial charge in [-0.25, -0.2) is 9.67 Å². The molecule has 1 fully saturated rings. The van der Waals surface area contributed by atoms with E-state index in [9.17, 15) is 18.0 Å². The average molecular weight is 519 g/mol. The molecule has 38 heavy (non-hydrogen) atoms. The number of nitrogens with zero attached hydrogens (tertiary/aromatic N) is 3. The zero-order chi connectivity index (χ0) is 26.7. The quantitative estimate of drug-likeness (QED) is 0.312. The number of hydrogen-bond acceptors (Lipinski definition) is 5. The number of carbonyl (C=O) groups is 1. The number of anilines is 3. The summed E-state index contributed by atoms with van der Waals surface area (Å²) in [5, 5.41) is 11.3. The van der Waals surface area contributed by atoms with Crippen LogP contribution in [-0.2, 0) is 24.7 Å². The van der Waals surface area contributed by atoms with E-state index in [1.54, 1.807) is 4.68 Å². The van der Waals surface area contributed by atoms with E-state index in [0.29, 0.717) is 23.6 Å². The third-order valence-electron chi connectivity index (χ3n) is 7.22. The highest BCUT2D eigenvalue weighted by molar-refractivity contribution is 6.04. The van der Waals surface area contributed by atoms with Crippen LogP contribution in [0.15, 0.2) is 60.8 Å². The molecule has 1 amide bonds. The molecular weight excluding hydrogens is 493 g/mol. The van der Waals surface area contributed by atoms with Gasteiger partial charge >= 0.3 is 6.18 Å². The fourth-order valence-electron chi connectivity index (χ4n) is 5.07.